The molecule has 1 unspecified atom stereocenters. The number of halogens is 1. The number of piperidine rings is 1. The van der Waals surface area contributed by atoms with Crippen molar-refractivity contribution in [3.63, 3.8) is 0 Å². The van der Waals surface area contributed by atoms with Crippen molar-refractivity contribution in [1.82, 2.24) is 14.9 Å². The number of aliphatic imine (C=N–C) groups is 1. The molecule has 160 valence electrons. The minimum Gasteiger partial charge on any atom is -0.376 e. The summed E-state index contributed by atoms with van der Waals surface area (Å²) >= 11 is 1.32. The van der Waals surface area contributed by atoms with Crippen molar-refractivity contribution < 1.29 is 13.2 Å². The van der Waals surface area contributed by atoms with E-state index in [4.69, 9.17) is 4.74 Å². The molecule has 2 aliphatic heterocycles. The van der Waals surface area contributed by atoms with Gasteiger partial charge in [-0.2, -0.15) is 4.31 Å². The maximum absolute atomic E-state index is 12.8. The first-order valence-corrected chi connectivity index (χ1v) is 12.1. The summed E-state index contributed by atoms with van der Waals surface area (Å²) in [5, 5.41) is 6.54. The third-order valence-electron chi connectivity index (χ3n) is 4.80. The molecular formula is C18H31IN4O3S2. The van der Waals surface area contributed by atoms with E-state index in [-0.39, 0.29) is 30.1 Å². The molecule has 3 heterocycles. The third-order valence-corrected chi connectivity index (χ3v) is 8.24. The van der Waals surface area contributed by atoms with Gasteiger partial charge in [0.25, 0.3) is 10.0 Å². The minimum atomic E-state index is -3.36. The van der Waals surface area contributed by atoms with Gasteiger partial charge in [-0.05, 0) is 44.7 Å². The topological polar surface area (TPSA) is 83.0 Å². The quantitative estimate of drug-likeness (QED) is 0.315. The molecule has 1 atom stereocenters. The molecule has 0 bridgehead atoms. The highest BCUT2D eigenvalue weighted by molar-refractivity contribution is 14.0. The highest BCUT2D eigenvalue weighted by Crippen LogP contribution is 2.27. The summed E-state index contributed by atoms with van der Waals surface area (Å²) in [6.45, 7) is 6.10. The molecular weight excluding hydrogens is 511 g/mol. The largest absolute Gasteiger partial charge is 0.376 e. The maximum Gasteiger partial charge on any atom is 0.252 e. The fourth-order valence-electron chi connectivity index (χ4n) is 3.33. The van der Waals surface area contributed by atoms with Gasteiger partial charge in [-0.1, -0.05) is 6.42 Å². The molecule has 28 heavy (non-hydrogen) atoms. The molecule has 10 heteroatoms. The lowest BCUT2D eigenvalue weighted by atomic mass is 10.2. The van der Waals surface area contributed by atoms with Gasteiger partial charge in [0, 0.05) is 37.7 Å². The molecule has 2 saturated heterocycles. The molecule has 2 fully saturated rings. The van der Waals surface area contributed by atoms with E-state index in [9.17, 15) is 8.42 Å². The zero-order valence-electron chi connectivity index (χ0n) is 16.4. The minimum absolute atomic E-state index is 0. The van der Waals surface area contributed by atoms with Gasteiger partial charge >= 0.3 is 0 Å². The molecule has 0 aromatic carbocycles. The zero-order chi connectivity index (χ0) is 19.1. The van der Waals surface area contributed by atoms with Crippen LogP contribution in [0.4, 0.5) is 0 Å². The normalized spacial score (nSPS) is 21.3. The van der Waals surface area contributed by atoms with Crippen LogP contribution in [-0.4, -0.2) is 57.6 Å². The molecule has 0 amide bonds. The average molecular weight is 543 g/mol. The van der Waals surface area contributed by atoms with E-state index in [1.54, 1.807) is 10.4 Å². The van der Waals surface area contributed by atoms with E-state index in [1.165, 1.54) is 11.3 Å². The lowest BCUT2D eigenvalue weighted by molar-refractivity contribution is 0.114. The summed E-state index contributed by atoms with van der Waals surface area (Å²) in [6, 6.07) is 3.58. The van der Waals surface area contributed by atoms with Gasteiger partial charge in [-0.3, -0.25) is 0 Å². The van der Waals surface area contributed by atoms with Crippen LogP contribution in [0.15, 0.2) is 21.3 Å². The summed E-state index contributed by atoms with van der Waals surface area (Å²) < 4.78 is 33.2. The summed E-state index contributed by atoms with van der Waals surface area (Å²) in [5.41, 5.74) is 0. The number of nitrogens with zero attached hydrogens (tertiary/aromatic N) is 2. The van der Waals surface area contributed by atoms with Gasteiger partial charge in [-0.15, -0.1) is 35.3 Å². The Balaban J connectivity index is 0.00000280. The van der Waals surface area contributed by atoms with E-state index >= 15 is 0 Å². The Morgan fingerprint density at radius 1 is 1.25 bits per heavy atom. The van der Waals surface area contributed by atoms with Gasteiger partial charge in [0.1, 0.15) is 4.21 Å². The van der Waals surface area contributed by atoms with Gasteiger partial charge in [0.05, 0.1) is 12.6 Å². The molecule has 7 nitrogen and oxygen atoms in total. The SMILES string of the molecule is CCNC(=NCc1ccc(S(=O)(=O)N2CCCCC2)s1)NCC1CCCO1.I. The first-order valence-electron chi connectivity index (χ1n) is 9.82. The van der Waals surface area contributed by atoms with E-state index in [0.29, 0.717) is 23.8 Å². The Morgan fingerprint density at radius 2 is 2.04 bits per heavy atom. The van der Waals surface area contributed by atoms with Crippen molar-refractivity contribution in [1.29, 1.82) is 0 Å². The zero-order valence-corrected chi connectivity index (χ0v) is 20.3. The first-order chi connectivity index (χ1) is 13.1. The molecule has 1 aromatic heterocycles. The summed E-state index contributed by atoms with van der Waals surface area (Å²) in [7, 11) is -3.36. The van der Waals surface area contributed by atoms with Gasteiger partial charge < -0.3 is 15.4 Å². The van der Waals surface area contributed by atoms with Crippen molar-refractivity contribution in [3.05, 3.63) is 17.0 Å². The Hall–Kier alpha value is -0.430. The van der Waals surface area contributed by atoms with Crippen LogP contribution < -0.4 is 10.6 Å². The molecule has 0 saturated carbocycles. The second-order valence-electron chi connectivity index (χ2n) is 6.90. The fourth-order valence-corrected chi connectivity index (χ4v) is 6.28. The number of sulfonamides is 1. The molecule has 1 aromatic rings. The van der Waals surface area contributed by atoms with E-state index in [2.05, 4.69) is 15.6 Å². The molecule has 0 radical (unpaired) electrons. The number of guanidine groups is 1. The predicted molar refractivity (Wildman–Crippen MR) is 124 cm³/mol. The number of hydrogen-bond donors (Lipinski definition) is 2. The highest BCUT2D eigenvalue weighted by atomic mass is 127. The predicted octanol–water partition coefficient (Wildman–Crippen LogP) is 2.77. The maximum atomic E-state index is 12.8. The Kier molecular flexibility index (Phi) is 9.94. The molecule has 0 aliphatic carbocycles. The van der Waals surface area contributed by atoms with Crippen LogP contribution in [0, 0.1) is 0 Å². The van der Waals surface area contributed by atoms with Crippen molar-refractivity contribution >= 4 is 51.3 Å². The van der Waals surface area contributed by atoms with Crippen LogP contribution in [0.3, 0.4) is 0 Å². The van der Waals surface area contributed by atoms with Crippen molar-refractivity contribution in [2.75, 3.05) is 32.8 Å². The second kappa shape index (κ2) is 11.7. The van der Waals surface area contributed by atoms with Crippen molar-refractivity contribution in [2.24, 2.45) is 4.99 Å². The number of rotatable bonds is 7. The fraction of sp³-hybridized carbons (Fsp3) is 0.722. The van der Waals surface area contributed by atoms with Crippen molar-refractivity contribution in [2.45, 2.75) is 55.9 Å². The van der Waals surface area contributed by atoms with Crippen LogP contribution in [0.2, 0.25) is 0 Å². The van der Waals surface area contributed by atoms with E-state index < -0.39 is 10.0 Å². The molecule has 2 N–H and O–H groups in total. The highest BCUT2D eigenvalue weighted by Gasteiger charge is 2.27. The first kappa shape index (κ1) is 23.8. The number of thiophene rings is 1. The van der Waals surface area contributed by atoms with Crippen molar-refractivity contribution in [3.8, 4) is 0 Å². The summed E-state index contributed by atoms with van der Waals surface area (Å²) in [4.78, 5) is 5.54. The number of ether oxygens (including phenoxy) is 1. The van der Waals surface area contributed by atoms with Crippen LogP contribution >= 0.6 is 35.3 Å². The van der Waals surface area contributed by atoms with Crippen LogP contribution in [0.1, 0.15) is 43.9 Å². The Morgan fingerprint density at radius 3 is 2.71 bits per heavy atom. The van der Waals surface area contributed by atoms with Crippen LogP contribution in [-0.2, 0) is 21.3 Å². The summed E-state index contributed by atoms with van der Waals surface area (Å²) in [6.07, 6.45) is 5.45. The number of nitrogens with one attached hydrogen (secondary N) is 2. The van der Waals surface area contributed by atoms with Crippen LogP contribution in [0.25, 0.3) is 0 Å². The molecule has 2 aliphatic rings. The smallest absolute Gasteiger partial charge is 0.252 e. The number of hydrogen-bond acceptors (Lipinski definition) is 5. The van der Waals surface area contributed by atoms with E-state index in [0.717, 1.165) is 62.6 Å². The van der Waals surface area contributed by atoms with Gasteiger partial charge in [0.2, 0.25) is 0 Å². The average Bonchev–Trinajstić information content (AvgIpc) is 3.37. The Labute approximate surface area is 189 Å². The lowest BCUT2D eigenvalue weighted by Gasteiger charge is -2.25. The Bertz CT molecular complexity index is 727. The lowest BCUT2D eigenvalue weighted by Crippen LogP contribution is -2.41. The van der Waals surface area contributed by atoms with Gasteiger partial charge in [0.15, 0.2) is 5.96 Å². The van der Waals surface area contributed by atoms with E-state index in [1.807, 2.05) is 13.0 Å². The standard InChI is InChI=1S/C18H30N4O3S2.HI/c1-2-19-18(20-13-15-7-6-12-25-15)21-14-16-8-9-17(26-16)27(23,24)22-10-4-3-5-11-22;/h8-9,15H,2-7,10-14H2,1H3,(H2,19,20,21);1H. The van der Waals surface area contributed by atoms with Gasteiger partial charge in [-0.25, -0.2) is 13.4 Å². The third kappa shape index (κ3) is 6.54. The second-order valence-corrected chi connectivity index (χ2v) is 10.2. The summed E-state index contributed by atoms with van der Waals surface area (Å²) in [5.74, 6) is 0.738. The molecule has 3 rings (SSSR count). The monoisotopic (exact) mass is 542 g/mol. The molecule has 0 spiro atoms. The van der Waals surface area contributed by atoms with Crippen LogP contribution in [0.5, 0.6) is 0 Å².